The number of carbonyl (C=O) groups excluding carboxylic acids is 1. The number of rotatable bonds is 6. The topological polar surface area (TPSA) is 108 Å². The third-order valence-corrected chi connectivity index (χ3v) is 7.87. The van der Waals surface area contributed by atoms with Crippen molar-refractivity contribution in [1.82, 2.24) is 20.4 Å². The lowest BCUT2D eigenvalue weighted by Gasteiger charge is -2.52. The first-order valence-electron chi connectivity index (χ1n) is 13.1. The first kappa shape index (κ1) is 28.1. The molecule has 1 aromatic heterocycles. The standard InChI is InChI=1S/C25H34N4O2.C2HF3O2/c30-23(14-19-6-12-31-13-7-19)27-22-15-25(16-22)8-10-29(11-9-25)18-21-17-26-28-24(21)20-4-2-1-3-5-20;3-2(4,5)1(6)7/h1-5,17,19,22H,6-16,18H2,(H,26,28)(H,27,30);(H,6,7). The van der Waals surface area contributed by atoms with E-state index in [4.69, 9.17) is 14.6 Å². The minimum Gasteiger partial charge on any atom is -0.475 e. The number of benzene rings is 1. The molecule has 0 bridgehead atoms. The minimum absolute atomic E-state index is 0.248. The van der Waals surface area contributed by atoms with Crippen LogP contribution in [-0.2, 0) is 20.9 Å². The number of piperidine rings is 1. The Morgan fingerprint density at radius 1 is 1.13 bits per heavy atom. The summed E-state index contributed by atoms with van der Waals surface area (Å²) >= 11 is 0. The molecule has 11 heteroatoms. The number of hydrogen-bond donors (Lipinski definition) is 3. The van der Waals surface area contributed by atoms with Crippen LogP contribution >= 0.6 is 0 Å². The number of hydrogen-bond acceptors (Lipinski definition) is 5. The van der Waals surface area contributed by atoms with E-state index in [2.05, 4.69) is 44.7 Å². The fourth-order valence-electron chi connectivity index (χ4n) is 5.71. The molecule has 2 aromatic rings. The summed E-state index contributed by atoms with van der Waals surface area (Å²) in [5.74, 6) is -2.00. The minimum atomic E-state index is -5.08. The summed E-state index contributed by atoms with van der Waals surface area (Å²) in [6.45, 7) is 4.83. The van der Waals surface area contributed by atoms with Crippen molar-refractivity contribution >= 4 is 11.9 Å². The van der Waals surface area contributed by atoms with Gasteiger partial charge in [0.05, 0.1) is 11.9 Å². The summed E-state index contributed by atoms with van der Waals surface area (Å²) in [6.07, 6.45) is 4.40. The van der Waals surface area contributed by atoms with Gasteiger partial charge in [0.2, 0.25) is 5.91 Å². The van der Waals surface area contributed by atoms with Crippen LogP contribution in [0.1, 0.15) is 50.5 Å². The molecule has 5 rings (SSSR count). The molecule has 2 aliphatic heterocycles. The van der Waals surface area contributed by atoms with Crippen LogP contribution in [0.3, 0.4) is 0 Å². The second-order valence-electron chi connectivity index (χ2n) is 10.6. The molecule has 3 N–H and O–H groups in total. The molecule has 3 aliphatic rings. The Bertz CT molecular complexity index is 1050. The van der Waals surface area contributed by atoms with Crippen molar-refractivity contribution in [3.63, 3.8) is 0 Å². The maximum Gasteiger partial charge on any atom is 0.490 e. The number of aromatic nitrogens is 2. The lowest BCUT2D eigenvalue weighted by molar-refractivity contribution is -0.192. The highest BCUT2D eigenvalue weighted by Gasteiger charge is 2.46. The van der Waals surface area contributed by atoms with Gasteiger partial charge in [0.1, 0.15) is 0 Å². The molecule has 1 aromatic carbocycles. The van der Waals surface area contributed by atoms with Crippen LogP contribution in [0.4, 0.5) is 13.2 Å². The number of carboxylic acid groups (broad SMARTS) is 1. The van der Waals surface area contributed by atoms with E-state index in [1.54, 1.807) is 0 Å². The van der Waals surface area contributed by atoms with E-state index in [0.29, 0.717) is 23.8 Å². The quantitative estimate of drug-likeness (QED) is 0.506. The van der Waals surface area contributed by atoms with Crippen molar-refractivity contribution in [2.75, 3.05) is 26.3 Å². The zero-order valence-electron chi connectivity index (χ0n) is 21.3. The maximum absolute atomic E-state index is 12.4. The van der Waals surface area contributed by atoms with Crippen LogP contribution in [0.5, 0.6) is 0 Å². The molecule has 1 spiro atoms. The second-order valence-corrected chi connectivity index (χ2v) is 10.6. The Balaban J connectivity index is 0.000000426. The summed E-state index contributed by atoms with van der Waals surface area (Å²) in [6, 6.07) is 10.8. The van der Waals surface area contributed by atoms with Gasteiger partial charge in [-0.2, -0.15) is 18.3 Å². The van der Waals surface area contributed by atoms with Crippen molar-refractivity contribution in [2.24, 2.45) is 11.3 Å². The van der Waals surface area contributed by atoms with Gasteiger partial charge in [0.25, 0.3) is 0 Å². The number of aliphatic carboxylic acids is 1. The number of nitrogens with zero attached hydrogens (tertiary/aromatic N) is 2. The van der Waals surface area contributed by atoms with E-state index in [-0.39, 0.29) is 5.91 Å². The summed E-state index contributed by atoms with van der Waals surface area (Å²) in [4.78, 5) is 23.8. The highest BCUT2D eigenvalue weighted by atomic mass is 19.4. The summed E-state index contributed by atoms with van der Waals surface area (Å²) in [7, 11) is 0. The third kappa shape index (κ3) is 7.57. The van der Waals surface area contributed by atoms with Crippen molar-refractivity contribution in [3.05, 3.63) is 42.1 Å². The molecule has 1 aliphatic carbocycles. The van der Waals surface area contributed by atoms with Crippen molar-refractivity contribution in [3.8, 4) is 11.3 Å². The lowest BCUT2D eigenvalue weighted by atomic mass is 9.60. The number of H-pyrrole nitrogens is 1. The normalized spacial score (nSPS) is 20.3. The van der Waals surface area contributed by atoms with Crippen molar-refractivity contribution < 1.29 is 32.6 Å². The number of ether oxygens (including phenoxy) is 1. The largest absolute Gasteiger partial charge is 0.490 e. The van der Waals surface area contributed by atoms with Gasteiger partial charge < -0.3 is 15.2 Å². The molecule has 1 saturated carbocycles. The molecule has 2 saturated heterocycles. The highest BCUT2D eigenvalue weighted by Crippen LogP contribution is 2.49. The maximum atomic E-state index is 12.4. The zero-order chi connectivity index (χ0) is 27.2. The Morgan fingerprint density at radius 2 is 1.76 bits per heavy atom. The molecule has 0 atom stereocenters. The smallest absolute Gasteiger partial charge is 0.475 e. The van der Waals surface area contributed by atoms with E-state index >= 15 is 0 Å². The number of carbonyl (C=O) groups is 2. The Hall–Kier alpha value is -2.92. The molecule has 208 valence electrons. The fraction of sp³-hybridized carbons (Fsp3) is 0.593. The number of nitrogens with one attached hydrogen (secondary N) is 2. The third-order valence-electron chi connectivity index (χ3n) is 7.87. The lowest BCUT2D eigenvalue weighted by Crippen LogP contribution is -2.55. The first-order valence-corrected chi connectivity index (χ1v) is 13.1. The summed E-state index contributed by atoms with van der Waals surface area (Å²) in [5.41, 5.74) is 4.05. The molecule has 3 heterocycles. The molecule has 8 nitrogen and oxygen atoms in total. The number of halogens is 3. The number of alkyl halides is 3. The van der Waals surface area contributed by atoms with E-state index in [1.165, 1.54) is 24.0 Å². The predicted octanol–water partition coefficient (Wildman–Crippen LogP) is 4.39. The van der Waals surface area contributed by atoms with Crippen LogP contribution in [-0.4, -0.2) is 70.6 Å². The van der Waals surface area contributed by atoms with Crippen LogP contribution in [0.15, 0.2) is 36.5 Å². The van der Waals surface area contributed by atoms with Crippen LogP contribution in [0, 0.1) is 11.3 Å². The Labute approximate surface area is 219 Å². The molecular weight excluding hydrogens is 501 g/mol. The van der Waals surface area contributed by atoms with E-state index in [1.807, 2.05) is 12.3 Å². The second kappa shape index (κ2) is 12.3. The predicted molar refractivity (Wildman–Crippen MR) is 134 cm³/mol. The molecule has 38 heavy (non-hydrogen) atoms. The highest BCUT2D eigenvalue weighted by molar-refractivity contribution is 5.76. The van der Waals surface area contributed by atoms with Gasteiger partial charge in [-0.05, 0) is 68.5 Å². The van der Waals surface area contributed by atoms with E-state index in [9.17, 15) is 18.0 Å². The van der Waals surface area contributed by atoms with Crippen LogP contribution < -0.4 is 5.32 Å². The number of carboxylic acids is 1. The number of amides is 1. The van der Waals surface area contributed by atoms with Crippen LogP contribution in [0.25, 0.3) is 11.3 Å². The van der Waals surface area contributed by atoms with Crippen molar-refractivity contribution in [2.45, 2.75) is 63.7 Å². The van der Waals surface area contributed by atoms with Gasteiger partial charge in [-0.1, -0.05) is 30.3 Å². The van der Waals surface area contributed by atoms with Gasteiger partial charge in [-0.25, -0.2) is 4.79 Å². The molecular formula is C27H35F3N4O4. The van der Waals surface area contributed by atoms with Crippen LogP contribution in [0.2, 0.25) is 0 Å². The van der Waals surface area contributed by atoms with Gasteiger partial charge in [-0.15, -0.1) is 0 Å². The molecule has 1 amide bonds. The SMILES string of the molecule is O=C(CC1CCOCC1)NC1CC2(CCN(Cc3cn[nH]c3-c3ccccc3)CC2)C1.O=C(O)C(F)(F)F. The van der Waals surface area contributed by atoms with Gasteiger partial charge in [0.15, 0.2) is 0 Å². The number of aromatic amines is 1. The molecule has 3 fully saturated rings. The van der Waals surface area contributed by atoms with E-state index in [0.717, 1.165) is 64.2 Å². The number of likely N-dealkylation sites (tertiary alicyclic amines) is 1. The Kier molecular flexibility index (Phi) is 9.09. The molecule has 0 radical (unpaired) electrons. The Morgan fingerprint density at radius 3 is 2.37 bits per heavy atom. The average molecular weight is 537 g/mol. The summed E-state index contributed by atoms with van der Waals surface area (Å²) < 4.78 is 37.1. The average Bonchev–Trinajstić information content (AvgIpc) is 3.33. The first-order chi connectivity index (χ1) is 18.1. The van der Waals surface area contributed by atoms with E-state index < -0.39 is 12.1 Å². The van der Waals surface area contributed by atoms with Crippen molar-refractivity contribution in [1.29, 1.82) is 0 Å². The fourth-order valence-corrected chi connectivity index (χ4v) is 5.71. The zero-order valence-corrected chi connectivity index (χ0v) is 21.3. The molecule has 0 unspecified atom stereocenters. The van der Waals surface area contributed by atoms with Gasteiger partial charge in [-0.3, -0.25) is 14.8 Å². The summed E-state index contributed by atoms with van der Waals surface area (Å²) in [5, 5.41) is 17.9. The monoisotopic (exact) mass is 536 g/mol. The van der Waals surface area contributed by atoms with Gasteiger partial charge >= 0.3 is 12.1 Å². The van der Waals surface area contributed by atoms with Gasteiger partial charge in [0, 0.05) is 37.8 Å².